The lowest BCUT2D eigenvalue weighted by Gasteiger charge is -2.05. The van der Waals surface area contributed by atoms with Crippen LogP contribution in [-0.4, -0.2) is 4.98 Å². The summed E-state index contributed by atoms with van der Waals surface area (Å²) in [5.74, 6) is 6.36. The molecule has 0 saturated heterocycles. The Morgan fingerprint density at radius 1 is 0.893 bits per heavy atom. The van der Waals surface area contributed by atoms with Gasteiger partial charge in [0.1, 0.15) is 0 Å². The third-order valence-corrected chi connectivity index (χ3v) is 4.89. The van der Waals surface area contributed by atoms with E-state index < -0.39 is 0 Å². The summed E-state index contributed by atoms with van der Waals surface area (Å²) in [6.07, 6.45) is 3.04. The van der Waals surface area contributed by atoms with Gasteiger partial charge in [0.05, 0.1) is 0 Å². The normalized spacial score (nSPS) is 10.5. The van der Waals surface area contributed by atoms with Crippen LogP contribution in [0, 0.1) is 11.8 Å². The maximum absolute atomic E-state index is 13.0. The summed E-state index contributed by atoms with van der Waals surface area (Å²) >= 11 is 5.94. The molecule has 0 aliphatic carbocycles. The summed E-state index contributed by atoms with van der Waals surface area (Å²) in [4.78, 5) is 16.2. The highest BCUT2D eigenvalue weighted by atomic mass is 35.5. The fourth-order valence-corrected chi connectivity index (χ4v) is 3.26. The minimum atomic E-state index is 0.0374. The first kappa shape index (κ1) is 18.1. The Balaban J connectivity index is 1.62. The first-order chi connectivity index (χ1) is 13.7. The molecular weight excluding hydrogens is 366 g/mol. The Morgan fingerprint density at radius 3 is 2.46 bits per heavy atom. The zero-order valence-corrected chi connectivity index (χ0v) is 16.0. The lowest BCUT2D eigenvalue weighted by molar-refractivity contribution is 1.14. The first-order valence-corrected chi connectivity index (χ1v) is 9.48. The van der Waals surface area contributed by atoms with E-state index in [2.05, 4.69) is 29.0 Å². The number of benzene rings is 3. The molecule has 3 aromatic carbocycles. The van der Waals surface area contributed by atoms with Crippen LogP contribution in [0.1, 0.15) is 22.3 Å². The summed E-state index contributed by atoms with van der Waals surface area (Å²) in [6.45, 7) is 0. The van der Waals surface area contributed by atoms with Crippen molar-refractivity contribution >= 4 is 22.5 Å². The number of aromatic amines is 1. The molecule has 0 spiro atoms. The number of fused-ring (bicyclic) bond motifs is 1. The van der Waals surface area contributed by atoms with Gasteiger partial charge in [-0.1, -0.05) is 65.9 Å². The lowest BCUT2D eigenvalue weighted by atomic mass is 10.0. The third kappa shape index (κ3) is 4.17. The van der Waals surface area contributed by atoms with Crippen molar-refractivity contribution in [3.63, 3.8) is 0 Å². The van der Waals surface area contributed by atoms with Gasteiger partial charge in [-0.3, -0.25) is 4.79 Å². The zero-order chi connectivity index (χ0) is 19.3. The van der Waals surface area contributed by atoms with Crippen molar-refractivity contribution < 1.29 is 0 Å². The maximum Gasteiger partial charge on any atom is 0.192 e. The van der Waals surface area contributed by atoms with Crippen LogP contribution < -0.4 is 5.43 Å². The number of nitrogens with one attached hydrogen (secondary N) is 1. The molecule has 4 rings (SSSR count). The highest BCUT2D eigenvalue weighted by molar-refractivity contribution is 6.30. The van der Waals surface area contributed by atoms with E-state index in [9.17, 15) is 4.79 Å². The predicted octanol–water partition coefficient (Wildman–Crippen LogP) is 5.37. The SMILES string of the molecule is O=c1c(Cc2ccc(Cl)cc2)c[nH]c2ccc(C#CCc3ccccc3)cc12. The van der Waals surface area contributed by atoms with E-state index in [1.165, 1.54) is 5.56 Å². The molecule has 0 fully saturated rings. The monoisotopic (exact) mass is 383 g/mol. The van der Waals surface area contributed by atoms with E-state index in [-0.39, 0.29) is 5.43 Å². The first-order valence-electron chi connectivity index (χ1n) is 9.10. The molecule has 0 aliphatic rings. The average molecular weight is 384 g/mol. The second-order valence-corrected chi connectivity index (χ2v) is 7.11. The van der Waals surface area contributed by atoms with Crippen molar-refractivity contribution in [2.45, 2.75) is 12.8 Å². The van der Waals surface area contributed by atoms with Crippen LogP contribution in [-0.2, 0) is 12.8 Å². The molecule has 136 valence electrons. The van der Waals surface area contributed by atoms with Gasteiger partial charge < -0.3 is 4.98 Å². The van der Waals surface area contributed by atoms with Crippen molar-refractivity contribution in [1.29, 1.82) is 0 Å². The maximum atomic E-state index is 13.0. The van der Waals surface area contributed by atoms with Gasteiger partial charge in [0.15, 0.2) is 5.43 Å². The van der Waals surface area contributed by atoms with Crippen LogP contribution in [0.4, 0.5) is 0 Å². The summed E-state index contributed by atoms with van der Waals surface area (Å²) < 4.78 is 0. The standard InChI is InChI=1S/C25H18ClNO/c26-22-12-9-20(10-13-22)15-21-17-27-24-14-11-19(16-23(24)25(21)28)8-4-7-18-5-2-1-3-6-18/h1-3,5-6,9-14,16-17H,7,15H2,(H,27,28). The molecule has 0 atom stereocenters. The smallest absolute Gasteiger partial charge is 0.192 e. The van der Waals surface area contributed by atoms with Crippen molar-refractivity contribution in [2.75, 3.05) is 0 Å². The van der Waals surface area contributed by atoms with E-state index in [4.69, 9.17) is 11.6 Å². The largest absolute Gasteiger partial charge is 0.361 e. The second-order valence-electron chi connectivity index (χ2n) is 6.67. The molecule has 1 aromatic heterocycles. The van der Waals surface area contributed by atoms with Gasteiger partial charge in [0, 0.05) is 46.1 Å². The third-order valence-electron chi connectivity index (χ3n) is 4.63. The van der Waals surface area contributed by atoms with Crippen LogP contribution in [0.3, 0.4) is 0 Å². The van der Waals surface area contributed by atoms with Gasteiger partial charge in [0.25, 0.3) is 0 Å². The molecule has 1 heterocycles. The highest BCUT2D eigenvalue weighted by Crippen LogP contribution is 2.15. The number of aromatic nitrogens is 1. The number of hydrogen-bond donors (Lipinski definition) is 1. The molecule has 3 heteroatoms. The van der Waals surface area contributed by atoms with Gasteiger partial charge >= 0.3 is 0 Å². The quantitative estimate of drug-likeness (QED) is 0.474. The van der Waals surface area contributed by atoms with E-state index in [0.717, 1.165) is 22.2 Å². The van der Waals surface area contributed by atoms with Gasteiger partial charge in [-0.05, 0) is 41.5 Å². The number of rotatable bonds is 3. The van der Waals surface area contributed by atoms with Gasteiger partial charge in [0.2, 0.25) is 0 Å². The highest BCUT2D eigenvalue weighted by Gasteiger charge is 2.07. The molecule has 2 nitrogen and oxygen atoms in total. The van der Waals surface area contributed by atoms with Gasteiger partial charge in [-0.2, -0.15) is 0 Å². The molecule has 0 radical (unpaired) electrons. The Kier molecular flexibility index (Phi) is 5.28. The average Bonchev–Trinajstić information content (AvgIpc) is 2.73. The van der Waals surface area contributed by atoms with Crippen LogP contribution in [0.5, 0.6) is 0 Å². The van der Waals surface area contributed by atoms with E-state index in [1.807, 2.05) is 60.7 Å². The van der Waals surface area contributed by atoms with Gasteiger partial charge in [-0.15, -0.1) is 0 Å². The Hall–Kier alpha value is -3.28. The van der Waals surface area contributed by atoms with Crippen molar-refractivity contribution in [1.82, 2.24) is 4.98 Å². The molecule has 0 unspecified atom stereocenters. The topological polar surface area (TPSA) is 32.9 Å². The fourth-order valence-electron chi connectivity index (χ4n) is 3.14. The van der Waals surface area contributed by atoms with Gasteiger partial charge in [-0.25, -0.2) is 0 Å². The molecule has 28 heavy (non-hydrogen) atoms. The van der Waals surface area contributed by atoms with Crippen molar-refractivity contribution in [2.24, 2.45) is 0 Å². The van der Waals surface area contributed by atoms with Crippen LogP contribution in [0.2, 0.25) is 5.02 Å². The Labute approximate surface area is 168 Å². The Morgan fingerprint density at radius 2 is 1.68 bits per heavy atom. The van der Waals surface area contributed by atoms with Crippen LogP contribution in [0.15, 0.2) is 83.8 Å². The molecule has 1 N–H and O–H groups in total. The Bertz CT molecular complexity index is 1230. The molecule has 0 saturated carbocycles. The minimum Gasteiger partial charge on any atom is -0.361 e. The molecule has 0 bridgehead atoms. The van der Waals surface area contributed by atoms with E-state index in [0.29, 0.717) is 23.3 Å². The summed E-state index contributed by atoms with van der Waals surface area (Å²) in [5, 5.41) is 1.35. The molecular formula is C25H18ClNO. The fraction of sp³-hybridized carbons (Fsp3) is 0.0800. The zero-order valence-electron chi connectivity index (χ0n) is 15.2. The number of halogens is 1. The number of hydrogen-bond acceptors (Lipinski definition) is 1. The van der Waals surface area contributed by atoms with Crippen LogP contribution >= 0.6 is 11.6 Å². The summed E-state index contributed by atoms with van der Waals surface area (Å²) in [6, 6.07) is 23.4. The summed E-state index contributed by atoms with van der Waals surface area (Å²) in [5.41, 5.74) is 4.66. The molecule has 0 amide bonds. The number of pyridine rings is 1. The van der Waals surface area contributed by atoms with Crippen molar-refractivity contribution in [3.05, 3.63) is 116 Å². The molecule has 4 aromatic rings. The summed E-state index contributed by atoms with van der Waals surface area (Å²) in [7, 11) is 0. The van der Waals surface area contributed by atoms with E-state index >= 15 is 0 Å². The van der Waals surface area contributed by atoms with E-state index in [1.54, 1.807) is 6.20 Å². The van der Waals surface area contributed by atoms with Crippen LogP contribution in [0.25, 0.3) is 10.9 Å². The lowest BCUT2D eigenvalue weighted by Crippen LogP contribution is -2.10. The molecule has 0 aliphatic heterocycles. The second kappa shape index (κ2) is 8.17. The van der Waals surface area contributed by atoms with Crippen molar-refractivity contribution in [3.8, 4) is 11.8 Å². The number of H-pyrrole nitrogens is 1. The predicted molar refractivity (Wildman–Crippen MR) is 116 cm³/mol. The minimum absolute atomic E-state index is 0.0374.